The van der Waals surface area contributed by atoms with Gasteiger partial charge in [-0.3, -0.25) is 0 Å². The van der Waals surface area contributed by atoms with Gasteiger partial charge < -0.3 is 5.11 Å². The fraction of sp³-hybridized carbons (Fsp3) is 0.778. The highest BCUT2D eigenvalue weighted by Gasteiger charge is 2.40. The molecule has 0 saturated heterocycles. The van der Waals surface area contributed by atoms with E-state index in [1.807, 2.05) is 0 Å². The molecule has 0 aliphatic heterocycles. The van der Waals surface area contributed by atoms with E-state index >= 15 is 0 Å². The molecule has 1 saturated carbocycles. The van der Waals surface area contributed by atoms with Crippen LogP contribution in [-0.4, -0.2) is 11.7 Å². The number of hydrogen-bond acceptors (Lipinski definition) is 1. The summed E-state index contributed by atoms with van der Waals surface area (Å²) in [6.45, 7) is 2.64. The molecule has 2 aliphatic rings. The quantitative estimate of drug-likeness (QED) is 0.543. The third-order valence-corrected chi connectivity index (χ3v) is 3.26. The SMILES string of the molecule is C[C@@H]1[C@@H](CO)[C@H]2C=C[C@H]1C2. The Morgan fingerprint density at radius 3 is 2.50 bits per heavy atom. The van der Waals surface area contributed by atoms with E-state index in [0.717, 1.165) is 11.8 Å². The molecule has 2 bridgehead atoms. The van der Waals surface area contributed by atoms with E-state index in [9.17, 15) is 0 Å². The summed E-state index contributed by atoms with van der Waals surface area (Å²) in [7, 11) is 0. The zero-order chi connectivity index (χ0) is 7.14. The number of aliphatic hydroxyl groups excluding tert-OH is 1. The normalized spacial score (nSPS) is 50.6. The second kappa shape index (κ2) is 2.09. The lowest BCUT2D eigenvalue weighted by Gasteiger charge is -2.21. The first-order valence-corrected chi connectivity index (χ1v) is 4.12. The van der Waals surface area contributed by atoms with Gasteiger partial charge in [0.1, 0.15) is 0 Å². The Kier molecular flexibility index (Phi) is 1.34. The van der Waals surface area contributed by atoms with Crippen LogP contribution in [0.4, 0.5) is 0 Å². The Morgan fingerprint density at radius 1 is 1.40 bits per heavy atom. The number of hydrogen-bond donors (Lipinski definition) is 1. The molecular formula is C9H14O. The minimum Gasteiger partial charge on any atom is -0.396 e. The van der Waals surface area contributed by atoms with Crippen molar-refractivity contribution < 1.29 is 5.11 Å². The van der Waals surface area contributed by atoms with E-state index in [4.69, 9.17) is 5.11 Å². The molecular weight excluding hydrogens is 124 g/mol. The molecule has 0 aromatic carbocycles. The molecule has 56 valence electrons. The van der Waals surface area contributed by atoms with Gasteiger partial charge in [-0.15, -0.1) is 0 Å². The predicted molar refractivity (Wildman–Crippen MR) is 40.5 cm³/mol. The molecule has 1 heteroatoms. The smallest absolute Gasteiger partial charge is 0.0467 e. The van der Waals surface area contributed by atoms with Crippen LogP contribution in [0.3, 0.4) is 0 Å². The molecule has 1 fully saturated rings. The Morgan fingerprint density at radius 2 is 2.10 bits per heavy atom. The van der Waals surface area contributed by atoms with Gasteiger partial charge >= 0.3 is 0 Å². The van der Waals surface area contributed by atoms with Gasteiger partial charge in [-0.2, -0.15) is 0 Å². The standard InChI is InChI=1S/C9H14O/c1-6-7-2-3-8(4-7)9(6)5-10/h2-3,6-10H,4-5H2,1H3/t6-,7-,8-,9+/m0/s1. The maximum Gasteiger partial charge on any atom is 0.0467 e. The van der Waals surface area contributed by atoms with Crippen molar-refractivity contribution >= 4 is 0 Å². The van der Waals surface area contributed by atoms with Crippen LogP contribution in [-0.2, 0) is 0 Å². The van der Waals surface area contributed by atoms with E-state index in [1.54, 1.807) is 0 Å². The van der Waals surface area contributed by atoms with Crippen molar-refractivity contribution in [1.29, 1.82) is 0 Å². The number of rotatable bonds is 1. The van der Waals surface area contributed by atoms with Gasteiger partial charge in [-0.05, 0) is 30.1 Å². The van der Waals surface area contributed by atoms with Crippen molar-refractivity contribution in [2.75, 3.05) is 6.61 Å². The predicted octanol–water partition coefficient (Wildman–Crippen LogP) is 1.44. The summed E-state index contributed by atoms with van der Waals surface area (Å²) in [5.41, 5.74) is 0. The molecule has 0 heterocycles. The van der Waals surface area contributed by atoms with E-state index in [2.05, 4.69) is 19.1 Å². The molecule has 2 rings (SSSR count). The maximum absolute atomic E-state index is 9.02. The first-order valence-electron chi connectivity index (χ1n) is 4.12. The zero-order valence-electron chi connectivity index (χ0n) is 6.33. The third kappa shape index (κ3) is 0.671. The highest BCUT2D eigenvalue weighted by molar-refractivity contribution is 5.12. The minimum atomic E-state index is 0.382. The van der Waals surface area contributed by atoms with Crippen molar-refractivity contribution in [3.05, 3.63) is 12.2 Å². The number of allylic oxidation sites excluding steroid dienone is 2. The van der Waals surface area contributed by atoms with Gasteiger partial charge in [0.15, 0.2) is 0 Å². The fourth-order valence-electron chi connectivity index (χ4n) is 2.47. The van der Waals surface area contributed by atoms with E-state index < -0.39 is 0 Å². The van der Waals surface area contributed by atoms with E-state index in [1.165, 1.54) is 6.42 Å². The van der Waals surface area contributed by atoms with Crippen molar-refractivity contribution in [2.24, 2.45) is 23.7 Å². The summed E-state index contributed by atoms with van der Waals surface area (Å²) >= 11 is 0. The summed E-state index contributed by atoms with van der Waals surface area (Å²) in [5, 5.41) is 9.02. The molecule has 0 radical (unpaired) electrons. The van der Waals surface area contributed by atoms with Gasteiger partial charge in [0.05, 0.1) is 0 Å². The summed E-state index contributed by atoms with van der Waals surface area (Å²) in [6.07, 6.45) is 5.90. The highest BCUT2D eigenvalue weighted by Crippen LogP contribution is 2.47. The second-order valence-electron chi connectivity index (χ2n) is 3.65. The first-order chi connectivity index (χ1) is 4.83. The molecule has 1 N–H and O–H groups in total. The largest absolute Gasteiger partial charge is 0.396 e. The third-order valence-electron chi connectivity index (χ3n) is 3.26. The molecule has 4 atom stereocenters. The van der Waals surface area contributed by atoms with Crippen LogP contribution in [0.5, 0.6) is 0 Å². The molecule has 2 aliphatic carbocycles. The lowest BCUT2D eigenvalue weighted by Crippen LogP contribution is -2.19. The lowest BCUT2D eigenvalue weighted by atomic mass is 9.85. The summed E-state index contributed by atoms with van der Waals surface area (Å²) in [6, 6.07) is 0. The summed E-state index contributed by atoms with van der Waals surface area (Å²) < 4.78 is 0. The van der Waals surface area contributed by atoms with Gasteiger partial charge in [-0.1, -0.05) is 19.1 Å². The topological polar surface area (TPSA) is 20.2 Å². The maximum atomic E-state index is 9.02. The Labute approximate surface area is 61.8 Å². The van der Waals surface area contributed by atoms with Crippen molar-refractivity contribution in [2.45, 2.75) is 13.3 Å². The van der Waals surface area contributed by atoms with Crippen LogP contribution in [0.15, 0.2) is 12.2 Å². The lowest BCUT2D eigenvalue weighted by molar-refractivity contribution is 0.172. The van der Waals surface area contributed by atoms with Crippen molar-refractivity contribution in [1.82, 2.24) is 0 Å². The molecule has 0 aromatic heterocycles. The van der Waals surface area contributed by atoms with Crippen LogP contribution in [0.1, 0.15) is 13.3 Å². The van der Waals surface area contributed by atoms with E-state index in [-0.39, 0.29) is 0 Å². The van der Waals surface area contributed by atoms with Gasteiger partial charge in [0.25, 0.3) is 0 Å². The van der Waals surface area contributed by atoms with Gasteiger partial charge in [-0.25, -0.2) is 0 Å². The van der Waals surface area contributed by atoms with Crippen LogP contribution >= 0.6 is 0 Å². The highest BCUT2D eigenvalue weighted by atomic mass is 16.3. The van der Waals surface area contributed by atoms with Crippen LogP contribution < -0.4 is 0 Å². The molecule has 0 amide bonds. The second-order valence-corrected chi connectivity index (χ2v) is 3.65. The zero-order valence-corrected chi connectivity index (χ0v) is 6.33. The molecule has 0 aromatic rings. The Balaban J connectivity index is 2.18. The number of fused-ring (bicyclic) bond motifs is 2. The summed E-state index contributed by atoms with van der Waals surface area (Å²) in [5.74, 6) is 2.77. The molecule has 0 unspecified atom stereocenters. The molecule has 1 nitrogen and oxygen atoms in total. The summed E-state index contributed by atoms with van der Waals surface area (Å²) in [4.78, 5) is 0. The average molecular weight is 138 g/mol. The Hall–Kier alpha value is -0.300. The minimum absolute atomic E-state index is 0.382. The average Bonchev–Trinajstić information content (AvgIpc) is 2.46. The van der Waals surface area contributed by atoms with Crippen LogP contribution in [0, 0.1) is 23.7 Å². The first kappa shape index (κ1) is 6.41. The van der Waals surface area contributed by atoms with Crippen LogP contribution in [0.2, 0.25) is 0 Å². The van der Waals surface area contributed by atoms with Crippen molar-refractivity contribution in [3.8, 4) is 0 Å². The fourth-order valence-corrected chi connectivity index (χ4v) is 2.47. The van der Waals surface area contributed by atoms with Gasteiger partial charge in [0, 0.05) is 6.61 Å². The van der Waals surface area contributed by atoms with E-state index in [0.29, 0.717) is 18.4 Å². The molecule has 0 spiro atoms. The van der Waals surface area contributed by atoms with Crippen LogP contribution in [0.25, 0.3) is 0 Å². The monoisotopic (exact) mass is 138 g/mol. The molecule has 10 heavy (non-hydrogen) atoms. The van der Waals surface area contributed by atoms with Gasteiger partial charge in [0.2, 0.25) is 0 Å². The Bertz CT molecular complexity index is 162. The number of aliphatic hydroxyl groups is 1. The van der Waals surface area contributed by atoms with Crippen molar-refractivity contribution in [3.63, 3.8) is 0 Å².